The van der Waals surface area contributed by atoms with Gasteiger partial charge in [0.1, 0.15) is 5.75 Å². The van der Waals surface area contributed by atoms with Crippen molar-refractivity contribution in [1.29, 1.82) is 0 Å². The summed E-state index contributed by atoms with van der Waals surface area (Å²) < 4.78 is 8.43. The van der Waals surface area contributed by atoms with Crippen molar-refractivity contribution in [3.63, 3.8) is 0 Å². The molecule has 2 aromatic carbocycles. The number of aromatic nitrogens is 1. The zero-order chi connectivity index (χ0) is 21.3. The van der Waals surface area contributed by atoms with Gasteiger partial charge < -0.3 is 19.1 Å². The van der Waals surface area contributed by atoms with Gasteiger partial charge in [-0.05, 0) is 68.4 Å². The molecule has 1 saturated heterocycles. The number of hydrogen-bond acceptors (Lipinski definition) is 3. The Morgan fingerprint density at radius 3 is 2.10 bits per heavy atom. The van der Waals surface area contributed by atoms with Crippen LogP contribution < -0.4 is 9.64 Å². The van der Waals surface area contributed by atoms with Gasteiger partial charge in [-0.1, -0.05) is 15.9 Å². The number of methoxy groups -OCH3 is 1. The summed E-state index contributed by atoms with van der Waals surface area (Å²) in [6, 6.07) is 18.3. The van der Waals surface area contributed by atoms with Crippen LogP contribution in [0.1, 0.15) is 21.7 Å². The molecule has 0 atom stereocenters. The molecular formula is C24H26BrN3O2. The fourth-order valence-electron chi connectivity index (χ4n) is 4.10. The second kappa shape index (κ2) is 8.56. The Kier molecular flexibility index (Phi) is 5.86. The zero-order valence-electron chi connectivity index (χ0n) is 17.6. The molecule has 2 heterocycles. The summed E-state index contributed by atoms with van der Waals surface area (Å²) in [5.41, 5.74) is 5.06. The normalized spacial score (nSPS) is 14.1. The summed E-state index contributed by atoms with van der Waals surface area (Å²) in [5.74, 6) is 0.967. The van der Waals surface area contributed by atoms with Crippen LogP contribution in [-0.2, 0) is 0 Å². The Bertz CT molecular complexity index is 1030. The van der Waals surface area contributed by atoms with E-state index in [1.165, 1.54) is 0 Å². The first-order chi connectivity index (χ1) is 14.5. The second-order valence-electron chi connectivity index (χ2n) is 7.57. The van der Waals surface area contributed by atoms with Gasteiger partial charge in [-0.2, -0.15) is 0 Å². The van der Waals surface area contributed by atoms with Crippen LogP contribution >= 0.6 is 15.9 Å². The molecule has 156 valence electrons. The van der Waals surface area contributed by atoms with Crippen molar-refractivity contribution in [2.75, 3.05) is 38.2 Å². The fourth-order valence-corrected chi connectivity index (χ4v) is 4.36. The summed E-state index contributed by atoms with van der Waals surface area (Å²) in [7, 11) is 1.67. The van der Waals surface area contributed by atoms with Crippen LogP contribution in [0.4, 0.5) is 5.69 Å². The number of carbonyl (C=O) groups excluding carboxylic acids is 1. The van der Waals surface area contributed by atoms with Crippen molar-refractivity contribution in [3.8, 4) is 11.4 Å². The molecule has 0 radical (unpaired) electrons. The van der Waals surface area contributed by atoms with Crippen molar-refractivity contribution < 1.29 is 9.53 Å². The molecule has 4 rings (SSSR count). The first-order valence-electron chi connectivity index (χ1n) is 10.1. The Morgan fingerprint density at radius 1 is 0.900 bits per heavy atom. The molecule has 5 nitrogen and oxygen atoms in total. The predicted octanol–water partition coefficient (Wildman–Crippen LogP) is 4.83. The molecule has 0 N–H and O–H groups in total. The van der Waals surface area contributed by atoms with Crippen molar-refractivity contribution in [1.82, 2.24) is 9.47 Å². The number of rotatable bonds is 4. The van der Waals surface area contributed by atoms with E-state index in [0.29, 0.717) is 13.1 Å². The minimum absolute atomic E-state index is 0.112. The lowest BCUT2D eigenvalue weighted by Crippen LogP contribution is -2.48. The SMILES string of the molecule is COc1ccc(N2CCN(C(=O)c3cc(C)n(-c4ccc(Br)cc4)c3C)CC2)cc1. The van der Waals surface area contributed by atoms with Crippen LogP contribution in [0.2, 0.25) is 0 Å². The number of carbonyl (C=O) groups is 1. The van der Waals surface area contributed by atoms with E-state index in [-0.39, 0.29) is 5.91 Å². The topological polar surface area (TPSA) is 37.7 Å². The third-order valence-corrected chi connectivity index (χ3v) is 6.28. The van der Waals surface area contributed by atoms with E-state index >= 15 is 0 Å². The predicted molar refractivity (Wildman–Crippen MR) is 124 cm³/mol. The molecule has 0 bridgehead atoms. The van der Waals surface area contributed by atoms with Gasteiger partial charge in [-0.25, -0.2) is 0 Å². The summed E-state index contributed by atoms with van der Waals surface area (Å²) in [6.07, 6.45) is 0. The van der Waals surface area contributed by atoms with E-state index in [1.807, 2.05) is 49.1 Å². The molecule has 0 spiro atoms. The molecule has 1 aliphatic rings. The van der Waals surface area contributed by atoms with Crippen molar-refractivity contribution in [3.05, 3.63) is 76.0 Å². The van der Waals surface area contributed by atoms with Crippen LogP contribution in [0.15, 0.2) is 59.1 Å². The maximum Gasteiger partial charge on any atom is 0.255 e. The lowest BCUT2D eigenvalue weighted by atomic mass is 10.2. The highest BCUT2D eigenvalue weighted by Crippen LogP contribution is 2.25. The quantitative estimate of drug-likeness (QED) is 0.551. The lowest BCUT2D eigenvalue weighted by molar-refractivity contribution is 0.0746. The van der Waals surface area contributed by atoms with Gasteiger partial charge in [0.25, 0.3) is 5.91 Å². The first kappa shape index (κ1) is 20.5. The van der Waals surface area contributed by atoms with Gasteiger partial charge in [0.15, 0.2) is 0 Å². The average Bonchev–Trinajstić information content (AvgIpc) is 3.08. The number of hydrogen-bond donors (Lipinski definition) is 0. The summed E-state index contributed by atoms with van der Waals surface area (Å²) in [4.78, 5) is 17.5. The number of halogens is 1. The van der Waals surface area contributed by atoms with Crippen LogP contribution in [0.5, 0.6) is 5.75 Å². The van der Waals surface area contributed by atoms with Gasteiger partial charge in [0.2, 0.25) is 0 Å². The van der Waals surface area contributed by atoms with E-state index in [2.05, 4.69) is 49.7 Å². The lowest BCUT2D eigenvalue weighted by Gasteiger charge is -2.36. The van der Waals surface area contributed by atoms with Gasteiger partial charge in [0, 0.05) is 53.4 Å². The Balaban J connectivity index is 1.48. The van der Waals surface area contributed by atoms with Gasteiger partial charge in [-0.15, -0.1) is 0 Å². The van der Waals surface area contributed by atoms with E-state index < -0.39 is 0 Å². The number of piperazine rings is 1. The van der Waals surface area contributed by atoms with Crippen molar-refractivity contribution in [2.45, 2.75) is 13.8 Å². The highest BCUT2D eigenvalue weighted by molar-refractivity contribution is 9.10. The van der Waals surface area contributed by atoms with E-state index in [1.54, 1.807) is 7.11 Å². The molecule has 0 aliphatic carbocycles. The monoisotopic (exact) mass is 467 g/mol. The van der Waals surface area contributed by atoms with E-state index in [9.17, 15) is 4.79 Å². The smallest absolute Gasteiger partial charge is 0.255 e. The highest BCUT2D eigenvalue weighted by atomic mass is 79.9. The standard InChI is InChI=1S/C24H26BrN3O2/c1-17-16-23(18(2)28(17)21-6-4-19(25)5-7-21)24(29)27-14-12-26(13-15-27)20-8-10-22(30-3)11-9-20/h4-11,16H,12-15H2,1-3H3. The molecule has 30 heavy (non-hydrogen) atoms. The molecule has 0 unspecified atom stereocenters. The molecule has 1 aliphatic heterocycles. The maximum atomic E-state index is 13.3. The van der Waals surface area contributed by atoms with Crippen LogP contribution in [0.25, 0.3) is 5.69 Å². The van der Waals surface area contributed by atoms with E-state index in [0.717, 1.165) is 51.6 Å². The largest absolute Gasteiger partial charge is 0.497 e. The number of nitrogens with zero attached hydrogens (tertiary/aromatic N) is 3. The Hall–Kier alpha value is -2.73. The summed E-state index contributed by atoms with van der Waals surface area (Å²) >= 11 is 3.48. The molecule has 1 aromatic heterocycles. The number of ether oxygens (including phenoxy) is 1. The molecule has 0 saturated carbocycles. The Labute approximate surface area is 186 Å². The third-order valence-electron chi connectivity index (χ3n) is 5.75. The average molecular weight is 468 g/mol. The van der Waals surface area contributed by atoms with Gasteiger partial charge in [0.05, 0.1) is 12.7 Å². The number of benzene rings is 2. The molecular weight excluding hydrogens is 442 g/mol. The van der Waals surface area contributed by atoms with E-state index in [4.69, 9.17) is 4.74 Å². The minimum atomic E-state index is 0.112. The van der Waals surface area contributed by atoms with Crippen molar-refractivity contribution in [2.24, 2.45) is 0 Å². The maximum absolute atomic E-state index is 13.3. The van der Waals surface area contributed by atoms with Crippen molar-refractivity contribution >= 4 is 27.5 Å². The molecule has 3 aromatic rings. The second-order valence-corrected chi connectivity index (χ2v) is 8.49. The first-order valence-corrected chi connectivity index (χ1v) is 10.9. The van der Waals surface area contributed by atoms with Crippen LogP contribution in [0.3, 0.4) is 0 Å². The third kappa shape index (κ3) is 3.97. The number of anilines is 1. The Morgan fingerprint density at radius 2 is 1.50 bits per heavy atom. The molecule has 6 heteroatoms. The number of amides is 1. The van der Waals surface area contributed by atoms with Gasteiger partial charge in [-0.3, -0.25) is 4.79 Å². The fraction of sp³-hybridized carbons (Fsp3) is 0.292. The van der Waals surface area contributed by atoms with Gasteiger partial charge >= 0.3 is 0 Å². The highest BCUT2D eigenvalue weighted by Gasteiger charge is 2.25. The summed E-state index contributed by atoms with van der Waals surface area (Å²) in [6.45, 7) is 7.15. The number of aryl methyl sites for hydroxylation is 1. The molecule has 1 amide bonds. The van der Waals surface area contributed by atoms with Crippen LogP contribution in [-0.4, -0.2) is 48.7 Å². The zero-order valence-corrected chi connectivity index (χ0v) is 19.1. The molecule has 1 fully saturated rings. The minimum Gasteiger partial charge on any atom is -0.497 e. The summed E-state index contributed by atoms with van der Waals surface area (Å²) in [5, 5.41) is 0. The van der Waals surface area contributed by atoms with Crippen LogP contribution in [0, 0.1) is 13.8 Å².